The minimum absolute atomic E-state index is 0.0778. The highest BCUT2D eigenvalue weighted by Gasteiger charge is 2.53. The molecule has 190 valence electrons. The van der Waals surface area contributed by atoms with Crippen LogP contribution in [0.3, 0.4) is 0 Å². The molecular formula is C28H27N3O6. The SMILES string of the molecule is C[C@H](/C=C/CCO)[C@@]1(O)C(=O)N(Cc2ccc(N(C=O)c3ccccc3)cc2)c2ccc([N+](=O)[O-])cc21. The van der Waals surface area contributed by atoms with Crippen molar-refractivity contribution in [2.75, 3.05) is 16.4 Å². The number of rotatable bonds is 10. The average molecular weight is 502 g/mol. The molecule has 0 unspecified atom stereocenters. The largest absolute Gasteiger partial charge is 0.396 e. The number of nitrogens with zero attached hydrogens (tertiary/aromatic N) is 3. The highest BCUT2D eigenvalue weighted by atomic mass is 16.6. The summed E-state index contributed by atoms with van der Waals surface area (Å²) >= 11 is 0. The highest BCUT2D eigenvalue weighted by molar-refractivity contribution is 6.07. The number of aliphatic hydroxyl groups excluding tert-OH is 1. The lowest BCUT2D eigenvalue weighted by Gasteiger charge is -2.27. The molecule has 1 heterocycles. The van der Waals surface area contributed by atoms with Gasteiger partial charge in [0, 0.05) is 41.6 Å². The highest BCUT2D eigenvalue weighted by Crippen LogP contribution is 2.47. The van der Waals surface area contributed by atoms with Gasteiger partial charge in [-0.3, -0.25) is 24.6 Å². The number of hydrogen-bond acceptors (Lipinski definition) is 6. The van der Waals surface area contributed by atoms with Crippen LogP contribution in [-0.4, -0.2) is 34.1 Å². The maximum absolute atomic E-state index is 13.6. The molecule has 3 aromatic rings. The number of nitro benzene ring substituents is 1. The van der Waals surface area contributed by atoms with Crippen molar-refractivity contribution in [3.63, 3.8) is 0 Å². The summed E-state index contributed by atoms with van der Waals surface area (Å²) in [5.74, 6) is -1.29. The van der Waals surface area contributed by atoms with Gasteiger partial charge in [-0.05, 0) is 42.3 Å². The van der Waals surface area contributed by atoms with E-state index < -0.39 is 22.3 Å². The molecule has 0 spiro atoms. The molecule has 3 aromatic carbocycles. The topological polar surface area (TPSA) is 124 Å². The van der Waals surface area contributed by atoms with Crippen molar-refractivity contribution in [1.29, 1.82) is 0 Å². The Kier molecular flexibility index (Phi) is 7.47. The van der Waals surface area contributed by atoms with E-state index in [9.17, 15) is 24.8 Å². The molecule has 4 rings (SSSR count). The van der Waals surface area contributed by atoms with Gasteiger partial charge in [-0.1, -0.05) is 49.4 Å². The molecule has 0 aliphatic carbocycles. The molecule has 0 aromatic heterocycles. The molecule has 0 saturated carbocycles. The molecule has 0 saturated heterocycles. The van der Waals surface area contributed by atoms with E-state index in [1.807, 2.05) is 30.3 Å². The molecule has 1 aliphatic rings. The van der Waals surface area contributed by atoms with Crippen molar-refractivity contribution in [2.45, 2.75) is 25.5 Å². The first kappa shape index (κ1) is 25.7. The van der Waals surface area contributed by atoms with E-state index in [1.54, 1.807) is 43.3 Å². The lowest BCUT2D eigenvalue weighted by Crippen LogP contribution is -2.44. The Morgan fingerprint density at radius 2 is 1.76 bits per heavy atom. The van der Waals surface area contributed by atoms with Crippen molar-refractivity contribution in [2.24, 2.45) is 5.92 Å². The second-order valence-corrected chi connectivity index (χ2v) is 8.82. The molecule has 0 bridgehead atoms. The van der Waals surface area contributed by atoms with Gasteiger partial charge in [0.25, 0.3) is 11.6 Å². The molecule has 1 aliphatic heterocycles. The number of non-ortho nitro benzene ring substituents is 1. The van der Waals surface area contributed by atoms with Gasteiger partial charge < -0.3 is 15.1 Å². The fourth-order valence-electron chi connectivity index (χ4n) is 4.52. The van der Waals surface area contributed by atoms with Crippen molar-refractivity contribution in [3.8, 4) is 0 Å². The summed E-state index contributed by atoms with van der Waals surface area (Å²) in [5, 5.41) is 32.1. The normalized spacial score (nSPS) is 17.6. The van der Waals surface area contributed by atoms with Crippen LogP contribution in [0.1, 0.15) is 24.5 Å². The lowest BCUT2D eigenvalue weighted by molar-refractivity contribution is -0.385. The van der Waals surface area contributed by atoms with Gasteiger partial charge in [-0.15, -0.1) is 0 Å². The fourth-order valence-corrected chi connectivity index (χ4v) is 4.52. The van der Waals surface area contributed by atoms with E-state index in [4.69, 9.17) is 5.11 Å². The Morgan fingerprint density at radius 3 is 2.38 bits per heavy atom. The second-order valence-electron chi connectivity index (χ2n) is 8.82. The minimum Gasteiger partial charge on any atom is -0.396 e. The molecule has 9 heteroatoms. The van der Waals surface area contributed by atoms with E-state index in [-0.39, 0.29) is 24.4 Å². The Morgan fingerprint density at radius 1 is 1.08 bits per heavy atom. The van der Waals surface area contributed by atoms with Crippen molar-refractivity contribution < 1.29 is 24.7 Å². The number of para-hydroxylation sites is 1. The number of hydrogen-bond donors (Lipinski definition) is 2. The second kappa shape index (κ2) is 10.7. The molecule has 0 radical (unpaired) electrons. The summed E-state index contributed by atoms with van der Waals surface area (Å²) in [5.41, 5.74) is 0.431. The number of aliphatic hydroxyl groups is 2. The zero-order chi connectivity index (χ0) is 26.6. The molecule has 2 N–H and O–H groups in total. The third kappa shape index (κ3) is 4.87. The Labute approximate surface area is 214 Å². The molecule has 2 atom stereocenters. The summed E-state index contributed by atoms with van der Waals surface area (Å²) in [7, 11) is 0. The summed E-state index contributed by atoms with van der Waals surface area (Å²) in [6.45, 7) is 1.70. The van der Waals surface area contributed by atoms with Crippen LogP contribution in [0.25, 0.3) is 0 Å². The van der Waals surface area contributed by atoms with Crippen molar-refractivity contribution in [1.82, 2.24) is 0 Å². The summed E-state index contributed by atoms with van der Waals surface area (Å²) in [6.07, 6.45) is 4.38. The summed E-state index contributed by atoms with van der Waals surface area (Å²) < 4.78 is 0. The van der Waals surface area contributed by atoms with Gasteiger partial charge >= 0.3 is 0 Å². The third-order valence-corrected chi connectivity index (χ3v) is 6.54. The molecular weight excluding hydrogens is 474 g/mol. The van der Waals surface area contributed by atoms with Crippen LogP contribution in [0.15, 0.2) is 84.9 Å². The smallest absolute Gasteiger partial charge is 0.269 e. The Bertz CT molecular complexity index is 1330. The number of fused-ring (bicyclic) bond motifs is 1. The van der Waals surface area contributed by atoms with Gasteiger partial charge in [-0.2, -0.15) is 0 Å². The Balaban J connectivity index is 1.66. The lowest BCUT2D eigenvalue weighted by atomic mass is 9.82. The van der Waals surface area contributed by atoms with Gasteiger partial charge in [0.05, 0.1) is 17.2 Å². The van der Waals surface area contributed by atoms with Crippen LogP contribution in [0, 0.1) is 16.0 Å². The monoisotopic (exact) mass is 501 g/mol. The van der Waals surface area contributed by atoms with Crippen LogP contribution in [0.5, 0.6) is 0 Å². The van der Waals surface area contributed by atoms with Crippen molar-refractivity contribution in [3.05, 3.63) is 106 Å². The third-order valence-electron chi connectivity index (χ3n) is 6.54. The number of carbonyl (C=O) groups is 2. The first-order valence-corrected chi connectivity index (χ1v) is 11.8. The summed E-state index contributed by atoms with van der Waals surface area (Å²) in [6, 6.07) is 20.3. The summed E-state index contributed by atoms with van der Waals surface area (Å²) in [4.78, 5) is 39.1. The number of amides is 2. The van der Waals surface area contributed by atoms with E-state index in [0.29, 0.717) is 23.5 Å². The van der Waals surface area contributed by atoms with Crippen LogP contribution in [0.2, 0.25) is 0 Å². The van der Waals surface area contributed by atoms with Crippen molar-refractivity contribution >= 4 is 35.1 Å². The maximum atomic E-state index is 13.6. The first-order valence-electron chi connectivity index (χ1n) is 11.8. The van der Waals surface area contributed by atoms with Crippen LogP contribution < -0.4 is 9.80 Å². The first-order chi connectivity index (χ1) is 17.8. The standard InChI is InChI=1S/C28H27N3O6/c1-20(7-5-6-16-32)28(35)25-17-24(31(36)37)14-15-26(25)29(27(28)34)18-21-10-12-23(13-11-21)30(19-33)22-8-3-2-4-9-22/h2-5,7-15,17,19-20,32,35H,6,16,18H2,1H3/b7-5+/t20-,28+/m1/s1. The van der Waals surface area contributed by atoms with Gasteiger partial charge in [0.1, 0.15) is 0 Å². The quantitative estimate of drug-likeness (QED) is 0.186. The Hall–Kier alpha value is -4.34. The maximum Gasteiger partial charge on any atom is 0.269 e. The fraction of sp³-hybridized carbons (Fsp3) is 0.214. The number of carbonyl (C=O) groups excluding carboxylic acids is 2. The minimum atomic E-state index is -2.01. The van der Waals surface area contributed by atoms with Crippen LogP contribution in [-0.2, 0) is 21.7 Å². The molecule has 37 heavy (non-hydrogen) atoms. The van der Waals surface area contributed by atoms with Gasteiger partial charge in [0.2, 0.25) is 6.41 Å². The van der Waals surface area contributed by atoms with E-state index in [2.05, 4.69) is 0 Å². The zero-order valence-electron chi connectivity index (χ0n) is 20.2. The number of benzene rings is 3. The molecule has 2 amide bonds. The molecule has 9 nitrogen and oxygen atoms in total. The van der Waals surface area contributed by atoms with Crippen LogP contribution >= 0.6 is 0 Å². The number of nitro groups is 1. The molecule has 0 fully saturated rings. The van der Waals surface area contributed by atoms with E-state index in [0.717, 1.165) is 12.0 Å². The predicted molar refractivity (Wildman–Crippen MR) is 139 cm³/mol. The predicted octanol–water partition coefficient (Wildman–Crippen LogP) is 4.20. The average Bonchev–Trinajstić information content (AvgIpc) is 3.13. The zero-order valence-corrected chi connectivity index (χ0v) is 20.2. The van der Waals surface area contributed by atoms with Crippen LogP contribution in [0.4, 0.5) is 22.7 Å². The van der Waals surface area contributed by atoms with Gasteiger partial charge in [0.15, 0.2) is 5.60 Å². The van der Waals surface area contributed by atoms with E-state index >= 15 is 0 Å². The number of anilines is 3. The van der Waals surface area contributed by atoms with E-state index in [1.165, 1.54) is 28.0 Å². The van der Waals surface area contributed by atoms with Gasteiger partial charge in [-0.25, -0.2) is 0 Å².